The van der Waals surface area contributed by atoms with E-state index in [4.69, 9.17) is 4.74 Å². The Balaban J connectivity index is 1.86. The van der Waals surface area contributed by atoms with Crippen LogP contribution in [0.4, 0.5) is 0 Å². The Bertz CT molecular complexity index is 527. The van der Waals surface area contributed by atoms with Gasteiger partial charge in [-0.05, 0) is 18.6 Å². The number of hydrogen-bond acceptors (Lipinski definition) is 5. The van der Waals surface area contributed by atoms with Crippen LogP contribution in [0.5, 0.6) is 0 Å². The highest BCUT2D eigenvalue weighted by Gasteiger charge is 2.05. The highest BCUT2D eigenvalue weighted by Crippen LogP contribution is 2.13. The summed E-state index contributed by atoms with van der Waals surface area (Å²) in [5, 5.41) is 6.84. The summed E-state index contributed by atoms with van der Waals surface area (Å²) in [6.07, 6.45) is 3.46. The van der Waals surface area contributed by atoms with Crippen molar-refractivity contribution in [3.63, 3.8) is 0 Å². The lowest BCUT2D eigenvalue weighted by Gasteiger charge is -2.15. The van der Waals surface area contributed by atoms with Gasteiger partial charge >= 0.3 is 0 Å². The Labute approximate surface area is 119 Å². The fraction of sp³-hybridized carbons (Fsp3) is 0.467. The molecular formula is C15H22N4O. The smallest absolute Gasteiger partial charge is 0.0931 e. The molecule has 0 aliphatic rings. The van der Waals surface area contributed by atoms with E-state index in [0.29, 0.717) is 6.04 Å². The fourth-order valence-electron chi connectivity index (χ4n) is 2.04. The van der Waals surface area contributed by atoms with Crippen molar-refractivity contribution in [3.8, 4) is 0 Å². The average Bonchev–Trinajstić information content (AvgIpc) is 2.49. The zero-order valence-corrected chi connectivity index (χ0v) is 12.1. The van der Waals surface area contributed by atoms with Crippen LogP contribution >= 0.6 is 0 Å². The van der Waals surface area contributed by atoms with Crippen molar-refractivity contribution in [2.45, 2.75) is 19.5 Å². The third-order valence-corrected chi connectivity index (χ3v) is 3.16. The van der Waals surface area contributed by atoms with Gasteiger partial charge in [0.1, 0.15) is 0 Å². The van der Waals surface area contributed by atoms with E-state index in [9.17, 15) is 0 Å². The maximum atomic E-state index is 5.00. The molecule has 0 amide bonds. The van der Waals surface area contributed by atoms with Crippen molar-refractivity contribution in [2.24, 2.45) is 0 Å². The van der Waals surface area contributed by atoms with Crippen molar-refractivity contribution < 1.29 is 4.74 Å². The molecule has 2 rings (SSSR count). The average molecular weight is 274 g/mol. The lowest BCUT2D eigenvalue weighted by Crippen LogP contribution is -2.37. The second-order valence-corrected chi connectivity index (χ2v) is 4.82. The van der Waals surface area contributed by atoms with Crippen LogP contribution in [-0.2, 0) is 11.3 Å². The molecule has 0 spiro atoms. The molecule has 5 nitrogen and oxygen atoms in total. The number of rotatable bonds is 8. The minimum Gasteiger partial charge on any atom is -0.383 e. The largest absolute Gasteiger partial charge is 0.383 e. The zero-order chi connectivity index (χ0) is 14.2. The summed E-state index contributed by atoms with van der Waals surface area (Å²) in [6.45, 7) is 5.49. The Morgan fingerprint density at radius 1 is 1.25 bits per heavy atom. The van der Waals surface area contributed by atoms with Gasteiger partial charge in [-0.3, -0.25) is 9.97 Å². The predicted octanol–water partition coefficient (Wildman–Crippen LogP) is 1.34. The highest BCUT2D eigenvalue weighted by molar-refractivity contribution is 5.77. The van der Waals surface area contributed by atoms with Gasteiger partial charge in [0.05, 0.1) is 17.6 Å². The molecule has 0 saturated carbocycles. The SMILES string of the molecule is COCCNCC(C)NCc1cccc2nccnc12. The summed E-state index contributed by atoms with van der Waals surface area (Å²) in [7, 11) is 1.71. The van der Waals surface area contributed by atoms with Crippen LogP contribution in [0, 0.1) is 0 Å². The molecule has 0 fully saturated rings. The molecule has 2 aromatic rings. The predicted molar refractivity (Wildman–Crippen MR) is 80.6 cm³/mol. The fourth-order valence-corrected chi connectivity index (χ4v) is 2.04. The Morgan fingerprint density at radius 3 is 2.95 bits per heavy atom. The Morgan fingerprint density at radius 2 is 2.10 bits per heavy atom. The first kappa shape index (κ1) is 14.8. The number of nitrogens with zero attached hydrogens (tertiary/aromatic N) is 2. The van der Waals surface area contributed by atoms with Crippen molar-refractivity contribution in [2.75, 3.05) is 26.8 Å². The molecule has 1 atom stereocenters. The summed E-state index contributed by atoms with van der Waals surface area (Å²) < 4.78 is 5.00. The molecule has 0 radical (unpaired) electrons. The number of benzene rings is 1. The maximum Gasteiger partial charge on any atom is 0.0931 e. The maximum absolute atomic E-state index is 5.00. The molecule has 0 bridgehead atoms. The Kier molecular flexibility index (Phi) is 5.86. The summed E-state index contributed by atoms with van der Waals surface area (Å²) >= 11 is 0. The van der Waals surface area contributed by atoms with E-state index in [0.717, 1.165) is 37.3 Å². The molecule has 0 saturated heterocycles. The first-order valence-electron chi connectivity index (χ1n) is 6.93. The standard InChI is InChI=1S/C15H22N4O/c1-12(10-16-8-9-20-2)19-11-13-4-3-5-14-15(13)18-7-6-17-14/h3-7,12,16,19H,8-11H2,1-2H3. The minimum absolute atomic E-state index is 0.388. The van der Waals surface area contributed by atoms with Crippen LogP contribution in [-0.4, -0.2) is 42.8 Å². The van der Waals surface area contributed by atoms with E-state index in [1.54, 1.807) is 19.5 Å². The van der Waals surface area contributed by atoms with Gasteiger partial charge in [0, 0.05) is 45.2 Å². The molecule has 108 valence electrons. The van der Waals surface area contributed by atoms with Crippen LogP contribution in [0.25, 0.3) is 11.0 Å². The van der Waals surface area contributed by atoms with Gasteiger partial charge in [-0.2, -0.15) is 0 Å². The third-order valence-electron chi connectivity index (χ3n) is 3.16. The molecule has 0 aliphatic heterocycles. The van der Waals surface area contributed by atoms with Crippen LogP contribution < -0.4 is 10.6 Å². The lowest BCUT2D eigenvalue weighted by molar-refractivity contribution is 0.198. The van der Waals surface area contributed by atoms with Gasteiger partial charge in [-0.15, -0.1) is 0 Å². The van der Waals surface area contributed by atoms with Crippen molar-refractivity contribution >= 4 is 11.0 Å². The van der Waals surface area contributed by atoms with Crippen LogP contribution in [0.2, 0.25) is 0 Å². The zero-order valence-electron chi connectivity index (χ0n) is 12.1. The monoisotopic (exact) mass is 274 g/mol. The van der Waals surface area contributed by atoms with Gasteiger partial charge in [0.25, 0.3) is 0 Å². The summed E-state index contributed by atoms with van der Waals surface area (Å²) in [4.78, 5) is 8.73. The number of nitrogens with one attached hydrogen (secondary N) is 2. The van der Waals surface area contributed by atoms with E-state index in [-0.39, 0.29) is 0 Å². The van der Waals surface area contributed by atoms with Crippen molar-refractivity contribution in [1.82, 2.24) is 20.6 Å². The summed E-state index contributed by atoms with van der Waals surface area (Å²) in [6, 6.07) is 6.49. The van der Waals surface area contributed by atoms with Gasteiger partial charge in [0.15, 0.2) is 0 Å². The second kappa shape index (κ2) is 7.89. The van der Waals surface area contributed by atoms with Gasteiger partial charge in [-0.1, -0.05) is 12.1 Å². The molecule has 20 heavy (non-hydrogen) atoms. The quantitative estimate of drug-likeness (QED) is 0.712. The van der Waals surface area contributed by atoms with Gasteiger partial charge in [0.2, 0.25) is 0 Å². The first-order valence-corrected chi connectivity index (χ1v) is 6.93. The summed E-state index contributed by atoms with van der Waals surface area (Å²) in [5.74, 6) is 0. The number of methoxy groups -OCH3 is 1. The molecule has 5 heteroatoms. The normalized spacial score (nSPS) is 12.7. The topological polar surface area (TPSA) is 59.1 Å². The van der Waals surface area contributed by atoms with Crippen LogP contribution in [0.1, 0.15) is 12.5 Å². The van der Waals surface area contributed by atoms with Crippen molar-refractivity contribution in [3.05, 3.63) is 36.2 Å². The minimum atomic E-state index is 0.388. The van der Waals surface area contributed by atoms with Crippen LogP contribution in [0.3, 0.4) is 0 Å². The van der Waals surface area contributed by atoms with Crippen molar-refractivity contribution in [1.29, 1.82) is 0 Å². The molecule has 2 N–H and O–H groups in total. The van der Waals surface area contributed by atoms with E-state index < -0.39 is 0 Å². The van der Waals surface area contributed by atoms with Gasteiger partial charge in [-0.25, -0.2) is 0 Å². The highest BCUT2D eigenvalue weighted by atomic mass is 16.5. The number of ether oxygens (including phenoxy) is 1. The number of fused-ring (bicyclic) bond motifs is 1. The molecule has 1 aromatic heterocycles. The number of para-hydroxylation sites is 1. The lowest BCUT2D eigenvalue weighted by atomic mass is 10.1. The molecule has 1 heterocycles. The van der Waals surface area contributed by atoms with E-state index >= 15 is 0 Å². The third kappa shape index (κ3) is 4.23. The first-order chi connectivity index (χ1) is 9.81. The second-order valence-electron chi connectivity index (χ2n) is 4.82. The molecule has 1 unspecified atom stereocenters. The summed E-state index contributed by atoms with van der Waals surface area (Å²) in [5.41, 5.74) is 3.10. The van der Waals surface area contributed by atoms with Crippen LogP contribution in [0.15, 0.2) is 30.6 Å². The molecule has 0 aliphatic carbocycles. The van der Waals surface area contributed by atoms with E-state index in [2.05, 4.69) is 33.6 Å². The number of hydrogen-bond donors (Lipinski definition) is 2. The molecule has 1 aromatic carbocycles. The van der Waals surface area contributed by atoms with Gasteiger partial charge < -0.3 is 15.4 Å². The Hall–Kier alpha value is -1.56. The van der Waals surface area contributed by atoms with E-state index in [1.165, 1.54) is 5.56 Å². The molecular weight excluding hydrogens is 252 g/mol. The number of aromatic nitrogens is 2. The van der Waals surface area contributed by atoms with E-state index in [1.807, 2.05) is 12.1 Å².